The largest absolute Gasteiger partial charge is 0.347 e. The fraction of sp³-hybridized carbons (Fsp3) is 0.357. The minimum Gasteiger partial charge on any atom is -0.347 e. The summed E-state index contributed by atoms with van der Waals surface area (Å²) >= 11 is 7.20. The van der Waals surface area contributed by atoms with Crippen LogP contribution < -0.4 is 15.5 Å². The monoisotopic (exact) mass is 337 g/mol. The predicted octanol–water partition coefficient (Wildman–Crippen LogP) is 3.83. The van der Waals surface area contributed by atoms with E-state index < -0.39 is 0 Å². The lowest BCUT2D eigenvalue weighted by Crippen LogP contribution is -2.29. The zero-order valence-corrected chi connectivity index (χ0v) is 13.5. The summed E-state index contributed by atoms with van der Waals surface area (Å²) < 4.78 is 0. The molecular weight excluding hydrogens is 322 g/mol. The number of nitrogens with one attached hydrogen (secondary N) is 2. The number of rotatable bonds is 3. The van der Waals surface area contributed by atoms with E-state index in [2.05, 4.69) is 25.7 Å². The molecule has 6 nitrogen and oxygen atoms in total. The second-order valence-corrected chi connectivity index (χ2v) is 6.42. The van der Waals surface area contributed by atoms with E-state index in [4.69, 9.17) is 11.6 Å². The van der Waals surface area contributed by atoms with Crippen LogP contribution in [0.15, 0.2) is 24.3 Å². The molecule has 8 heteroatoms. The van der Waals surface area contributed by atoms with Gasteiger partial charge >= 0.3 is 6.03 Å². The van der Waals surface area contributed by atoms with Crippen LogP contribution in [0.5, 0.6) is 0 Å². The number of carbonyl (C=O) groups is 1. The molecule has 0 saturated carbocycles. The van der Waals surface area contributed by atoms with E-state index in [1.165, 1.54) is 30.6 Å². The average molecular weight is 338 g/mol. The second kappa shape index (κ2) is 6.93. The Hall–Kier alpha value is -1.86. The lowest BCUT2D eigenvalue weighted by molar-refractivity contribution is 0.262. The fourth-order valence-electron chi connectivity index (χ4n) is 2.27. The smallest absolute Gasteiger partial charge is 0.325 e. The predicted molar refractivity (Wildman–Crippen MR) is 90.1 cm³/mol. The minimum absolute atomic E-state index is 0.344. The highest BCUT2D eigenvalue weighted by atomic mass is 35.5. The van der Waals surface area contributed by atoms with Crippen LogP contribution >= 0.6 is 22.9 Å². The SMILES string of the molecule is O=C(Nc1ccc(Cl)cc1)Nc1nnc(N2CCCCC2)s1. The van der Waals surface area contributed by atoms with Gasteiger partial charge in [-0.2, -0.15) is 0 Å². The van der Waals surface area contributed by atoms with Gasteiger partial charge in [0.15, 0.2) is 0 Å². The molecule has 0 atom stereocenters. The van der Waals surface area contributed by atoms with Crippen molar-refractivity contribution in [1.29, 1.82) is 0 Å². The minimum atomic E-state index is -0.344. The highest BCUT2D eigenvalue weighted by Crippen LogP contribution is 2.26. The second-order valence-electron chi connectivity index (χ2n) is 5.02. The van der Waals surface area contributed by atoms with E-state index in [0.29, 0.717) is 15.8 Å². The van der Waals surface area contributed by atoms with Crippen molar-refractivity contribution in [1.82, 2.24) is 10.2 Å². The number of nitrogens with zero attached hydrogens (tertiary/aromatic N) is 3. The topological polar surface area (TPSA) is 70.1 Å². The molecule has 3 rings (SSSR count). The molecule has 2 amide bonds. The molecule has 1 aromatic carbocycles. The molecule has 1 fully saturated rings. The number of aromatic nitrogens is 2. The Balaban J connectivity index is 1.57. The molecule has 0 unspecified atom stereocenters. The third-order valence-electron chi connectivity index (χ3n) is 3.36. The molecule has 22 heavy (non-hydrogen) atoms. The highest BCUT2D eigenvalue weighted by molar-refractivity contribution is 7.19. The van der Waals surface area contributed by atoms with E-state index >= 15 is 0 Å². The van der Waals surface area contributed by atoms with E-state index in [0.717, 1.165) is 18.2 Å². The van der Waals surface area contributed by atoms with Crippen molar-refractivity contribution in [2.24, 2.45) is 0 Å². The van der Waals surface area contributed by atoms with Crippen molar-refractivity contribution >= 4 is 44.9 Å². The van der Waals surface area contributed by atoms with Gasteiger partial charge in [0.25, 0.3) is 0 Å². The van der Waals surface area contributed by atoms with Crippen LogP contribution in [-0.4, -0.2) is 29.3 Å². The lowest BCUT2D eigenvalue weighted by Gasteiger charge is -2.25. The maximum Gasteiger partial charge on any atom is 0.325 e. The number of amides is 2. The van der Waals surface area contributed by atoms with Crippen molar-refractivity contribution in [3.63, 3.8) is 0 Å². The third kappa shape index (κ3) is 3.86. The van der Waals surface area contributed by atoms with Crippen LogP contribution in [0.3, 0.4) is 0 Å². The molecule has 0 aliphatic carbocycles. The van der Waals surface area contributed by atoms with Gasteiger partial charge in [0.1, 0.15) is 0 Å². The maximum atomic E-state index is 11.9. The van der Waals surface area contributed by atoms with Gasteiger partial charge in [-0.25, -0.2) is 4.79 Å². The molecule has 0 spiro atoms. The fourth-order valence-corrected chi connectivity index (χ4v) is 3.19. The number of piperidine rings is 1. The molecule has 1 aliphatic rings. The van der Waals surface area contributed by atoms with Crippen LogP contribution in [-0.2, 0) is 0 Å². The summed E-state index contributed by atoms with van der Waals surface area (Å²) in [4.78, 5) is 14.1. The number of benzene rings is 1. The number of anilines is 3. The van der Waals surface area contributed by atoms with Gasteiger partial charge in [-0.1, -0.05) is 22.9 Å². The quantitative estimate of drug-likeness (QED) is 0.893. The summed E-state index contributed by atoms with van der Waals surface area (Å²) in [6.45, 7) is 2.01. The first-order chi connectivity index (χ1) is 10.7. The Labute approximate surface area is 137 Å². The molecule has 2 N–H and O–H groups in total. The Bertz CT molecular complexity index is 639. The summed E-state index contributed by atoms with van der Waals surface area (Å²) in [5, 5.41) is 15.6. The first kappa shape index (κ1) is 15.1. The molecular formula is C14H16ClN5OS. The number of hydrogen-bond donors (Lipinski definition) is 2. The van der Waals surface area contributed by atoms with E-state index in [-0.39, 0.29) is 6.03 Å². The molecule has 0 radical (unpaired) electrons. The number of halogens is 1. The van der Waals surface area contributed by atoms with Crippen molar-refractivity contribution < 1.29 is 4.79 Å². The molecule has 1 saturated heterocycles. The van der Waals surface area contributed by atoms with Crippen molar-refractivity contribution in [3.8, 4) is 0 Å². The molecule has 2 heterocycles. The van der Waals surface area contributed by atoms with Crippen LogP contribution in [0.25, 0.3) is 0 Å². The Morgan fingerprint density at radius 3 is 2.55 bits per heavy atom. The van der Waals surface area contributed by atoms with Gasteiger partial charge in [0.2, 0.25) is 10.3 Å². The summed E-state index contributed by atoms with van der Waals surface area (Å²) in [5.74, 6) is 0. The first-order valence-corrected chi connectivity index (χ1v) is 8.32. The number of urea groups is 1. The Morgan fingerprint density at radius 2 is 1.82 bits per heavy atom. The maximum absolute atomic E-state index is 11.9. The number of hydrogen-bond acceptors (Lipinski definition) is 5. The van der Waals surface area contributed by atoms with Crippen molar-refractivity contribution in [2.45, 2.75) is 19.3 Å². The summed E-state index contributed by atoms with van der Waals surface area (Å²) in [7, 11) is 0. The zero-order valence-electron chi connectivity index (χ0n) is 11.9. The van der Waals surface area contributed by atoms with E-state index in [1.807, 2.05) is 0 Å². The zero-order chi connectivity index (χ0) is 15.4. The highest BCUT2D eigenvalue weighted by Gasteiger charge is 2.16. The van der Waals surface area contributed by atoms with Crippen LogP contribution in [0.2, 0.25) is 5.02 Å². The number of carbonyl (C=O) groups excluding carboxylic acids is 1. The van der Waals surface area contributed by atoms with Gasteiger partial charge in [0.05, 0.1) is 0 Å². The van der Waals surface area contributed by atoms with Gasteiger partial charge in [-0.3, -0.25) is 5.32 Å². The van der Waals surface area contributed by atoms with Gasteiger partial charge in [0, 0.05) is 23.8 Å². The third-order valence-corrected chi connectivity index (χ3v) is 4.51. The molecule has 0 bridgehead atoms. The molecule has 2 aromatic rings. The average Bonchev–Trinajstić information content (AvgIpc) is 2.99. The summed E-state index contributed by atoms with van der Waals surface area (Å²) in [6, 6.07) is 6.57. The van der Waals surface area contributed by atoms with Crippen molar-refractivity contribution in [3.05, 3.63) is 29.3 Å². The van der Waals surface area contributed by atoms with Crippen molar-refractivity contribution in [2.75, 3.05) is 28.6 Å². The van der Waals surface area contributed by atoms with E-state index in [9.17, 15) is 4.79 Å². The standard InChI is InChI=1S/C14H16ClN5OS/c15-10-4-6-11(7-5-10)16-12(21)17-13-18-19-14(22-13)20-8-2-1-3-9-20/h4-7H,1-3,8-9H2,(H2,16,17,18,21). The van der Waals surface area contributed by atoms with Crippen LogP contribution in [0, 0.1) is 0 Å². The summed E-state index contributed by atoms with van der Waals surface area (Å²) in [5.41, 5.74) is 0.669. The first-order valence-electron chi connectivity index (χ1n) is 7.13. The summed E-state index contributed by atoms with van der Waals surface area (Å²) in [6.07, 6.45) is 3.63. The van der Waals surface area contributed by atoms with E-state index in [1.54, 1.807) is 24.3 Å². The van der Waals surface area contributed by atoms with Crippen LogP contribution in [0.1, 0.15) is 19.3 Å². The lowest BCUT2D eigenvalue weighted by atomic mass is 10.1. The Kier molecular flexibility index (Phi) is 4.74. The normalized spacial score (nSPS) is 14.7. The Morgan fingerprint density at radius 1 is 1.09 bits per heavy atom. The molecule has 1 aromatic heterocycles. The molecule has 1 aliphatic heterocycles. The van der Waals surface area contributed by atoms with Crippen LogP contribution in [0.4, 0.5) is 20.7 Å². The van der Waals surface area contributed by atoms with Gasteiger partial charge in [-0.05, 0) is 43.5 Å². The van der Waals surface area contributed by atoms with Gasteiger partial charge < -0.3 is 10.2 Å². The molecule has 116 valence electrons. The van der Waals surface area contributed by atoms with Gasteiger partial charge in [-0.15, -0.1) is 10.2 Å².